The molecule has 6 heteroatoms. The number of carboxylic acids is 1. The number of methoxy groups -OCH3 is 1. The van der Waals surface area contributed by atoms with Gasteiger partial charge in [0, 0.05) is 6.07 Å². The second kappa shape index (κ2) is 5.37. The highest BCUT2D eigenvalue weighted by Gasteiger charge is 2.09. The Labute approximate surface area is 97.0 Å². The molecule has 0 amide bonds. The third-order valence-corrected chi connectivity index (χ3v) is 2.19. The number of halogens is 1. The molecule has 0 aromatic heterocycles. The number of aldehydes is 1. The maximum atomic E-state index is 10.7. The van der Waals surface area contributed by atoms with E-state index in [0.29, 0.717) is 23.3 Å². The van der Waals surface area contributed by atoms with Crippen LogP contribution in [0.2, 0.25) is 5.02 Å². The van der Waals surface area contributed by atoms with Gasteiger partial charge in [0.25, 0.3) is 0 Å². The van der Waals surface area contributed by atoms with E-state index in [1.54, 1.807) is 0 Å². The SMILES string of the molecule is COc1cc(NCC(=O)O)c(Cl)cc1C=O. The van der Waals surface area contributed by atoms with Gasteiger partial charge in [0.15, 0.2) is 6.29 Å². The van der Waals surface area contributed by atoms with Crippen molar-refractivity contribution >= 4 is 29.5 Å². The highest BCUT2D eigenvalue weighted by Crippen LogP contribution is 2.29. The van der Waals surface area contributed by atoms with Crippen LogP contribution in [-0.4, -0.2) is 31.0 Å². The first kappa shape index (κ1) is 12.3. The molecule has 0 unspecified atom stereocenters. The van der Waals surface area contributed by atoms with Gasteiger partial charge in [-0.05, 0) is 6.07 Å². The molecule has 0 radical (unpaired) electrons. The summed E-state index contributed by atoms with van der Waals surface area (Å²) in [5.41, 5.74) is 0.722. The molecule has 1 aromatic carbocycles. The molecule has 0 saturated carbocycles. The van der Waals surface area contributed by atoms with Gasteiger partial charge in [-0.3, -0.25) is 9.59 Å². The predicted octanol–water partition coefficient (Wildman–Crippen LogP) is 1.66. The average molecular weight is 244 g/mol. The van der Waals surface area contributed by atoms with Crippen molar-refractivity contribution in [1.82, 2.24) is 0 Å². The number of anilines is 1. The van der Waals surface area contributed by atoms with Gasteiger partial charge in [0.2, 0.25) is 0 Å². The summed E-state index contributed by atoms with van der Waals surface area (Å²) < 4.78 is 4.96. The third-order valence-electron chi connectivity index (χ3n) is 1.88. The Morgan fingerprint density at radius 1 is 1.62 bits per heavy atom. The summed E-state index contributed by atoms with van der Waals surface area (Å²) in [6.45, 7) is -0.261. The van der Waals surface area contributed by atoms with Crippen LogP contribution in [0.3, 0.4) is 0 Å². The summed E-state index contributed by atoms with van der Waals surface area (Å²) in [5, 5.41) is 11.4. The van der Waals surface area contributed by atoms with Crippen molar-refractivity contribution in [3.63, 3.8) is 0 Å². The fourth-order valence-corrected chi connectivity index (χ4v) is 1.38. The molecule has 0 bridgehead atoms. The number of carbonyl (C=O) groups is 2. The number of benzene rings is 1. The van der Waals surface area contributed by atoms with Crippen molar-refractivity contribution in [3.8, 4) is 5.75 Å². The quantitative estimate of drug-likeness (QED) is 0.770. The molecule has 0 aliphatic heterocycles. The van der Waals surface area contributed by atoms with Gasteiger partial charge in [0.1, 0.15) is 12.3 Å². The molecular weight excluding hydrogens is 234 g/mol. The lowest BCUT2D eigenvalue weighted by molar-refractivity contribution is -0.134. The molecule has 2 N–H and O–H groups in total. The van der Waals surface area contributed by atoms with Crippen molar-refractivity contribution < 1.29 is 19.4 Å². The van der Waals surface area contributed by atoms with Gasteiger partial charge in [-0.1, -0.05) is 11.6 Å². The van der Waals surface area contributed by atoms with E-state index in [-0.39, 0.29) is 11.6 Å². The molecule has 1 rings (SSSR count). The Morgan fingerprint density at radius 2 is 2.31 bits per heavy atom. The Balaban J connectivity index is 3.01. The van der Waals surface area contributed by atoms with E-state index < -0.39 is 5.97 Å². The van der Waals surface area contributed by atoms with Crippen molar-refractivity contribution in [2.24, 2.45) is 0 Å². The van der Waals surface area contributed by atoms with Gasteiger partial charge >= 0.3 is 5.97 Å². The molecule has 1 aromatic rings. The first-order valence-electron chi connectivity index (χ1n) is 4.37. The summed E-state index contributed by atoms with van der Waals surface area (Å²) >= 11 is 5.85. The number of hydrogen-bond donors (Lipinski definition) is 2. The number of rotatable bonds is 5. The van der Waals surface area contributed by atoms with Gasteiger partial charge in [-0.25, -0.2) is 0 Å². The fourth-order valence-electron chi connectivity index (χ4n) is 1.14. The van der Waals surface area contributed by atoms with E-state index in [2.05, 4.69) is 5.32 Å². The molecule has 0 saturated heterocycles. The van der Waals surface area contributed by atoms with E-state index in [4.69, 9.17) is 21.4 Å². The predicted molar refractivity (Wildman–Crippen MR) is 59.5 cm³/mol. The lowest BCUT2D eigenvalue weighted by Crippen LogP contribution is -2.12. The topological polar surface area (TPSA) is 75.6 Å². The van der Waals surface area contributed by atoms with Crippen LogP contribution in [0.15, 0.2) is 12.1 Å². The zero-order valence-electron chi connectivity index (χ0n) is 8.49. The molecule has 5 nitrogen and oxygen atoms in total. The highest BCUT2D eigenvalue weighted by molar-refractivity contribution is 6.33. The van der Waals surface area contributed by atoms with Crippen molar-refractivity contribution in [1.29, 1.82) is 0 Å². The van der Waals surface area contributed by atoms with Crippen LogP contribution in [0.25, 0.3) is 0 Å². The Hall–Kier alpha value is -1.75. The first-order chi connectivity index (χ1) is 7.58. The van der Waals surface area contributed by atoms with E-state index in [1.165, 1.54) is 19.2 Å². The molecule has 16 heavy (non-hydrogen) atoms. The first-order valence-corrected chi connectivity index (χ1v) is 4.74. The minimum absolute atomic E-state index is 0.261. The maximum Gasteiger partial charge on any atom is 0.322 e. The number of hydrogen-bond acceptors (Lipinski definition) is 4. The number of carboxylic acid groups (broad SMARTS) is 1. The molecule has 0 heterocycles. The Morgan fingerprint density at radius 3 is 2.81 bits per heavy atom. The minimum Gasteiger partial charge on any atom is -0.496 e. The number of carbonyl (C=O) groups excluding carboxylic acids is 1. The molecule has 0 fully saturated rings. The van der Waals surface area contributed by atoms with E-state index in [9.17, 15) is 9.59 Å². The van der Waals surface area contributed by atoms with E-state index >= 15 is 0 Å². The molecule has 0 aliphatic rings. The van der Waals surface area contributed by atoms with Crippen molar-refractivity contribution in [2.75, 3.05) is 19.0 Å². The smallest absolute Gasteiger partial charge is 0.322 e. The van der Waals surface area contributed by atoms with Crippen LogP contribution < -0.4 is 10.1 Å². The van der Waals surface area contributed by atoms with Crippen LogP contribution in [0, 0.1) is 0 Å². The molecule has 0 atom stereocenters. The van der Waals surface area contributed by atoms with E-state index in [0.717, 1.165) is 0 Å². The highest BCUT2D eigenvalue weighted by atomic mass is 35.5. The van der Waals surface area contributed by atoms with Crippen LogP contribution >= 0.6 is 11.6 Å². The largest absolute Gasteiger partial charge is 0.496 e. The van der Waals surface area contributed by atoms with Crippen molar-refractivity contribution in [2.45, 2.75) is 0 Å². The van der Waals surface area contributed by atoms with Crippen LogP contribution in [0.5, 0.6) is 5.75 Å². The zero-order valence-corrected chi connectivity index (χ0v) is 9.25. The van der Waals surface area contributed by atoms with E-state index in [1.807, 2.05) is 0 Å². The molecular formula is C10H10ClNO4. The number of ether oxygens (including phenoxy) is 1. The molecule has 86 valence electrons. The Kier molecular flexibility index (Phi) is 4.13. The summed E-state index contributed by atoms with van der Waals surface area (Å²) in [6, 6.07) is 2.90. The van der Waals surface area contributed by atoms with Gasteiger partial charge in [-0.2, -0.15) is 0 Å². The molecule has 0 aliphatic carbocycles. The fraction of sp³-hybridized carbons (Fsp3) is 0.200. The van der Waals surface area contributed by atoms with Crippen molar-refractivity contribution in [3.05, 3.63) is 22.7 Å². The standard InChI is InChI=1S/C10H10ClNO4/c1-16-9-3-8(12-4-10(14)15)7(11)2-6(9)5-13/h2-3,5,12H,4H2,1H3,(H,14,15). The van der Waals surface area contributed by atoms with Gasteiger partial charge < -0.3 is 15.2 Å². The summed E-state index contributed by atoms with van der Waals surface area (Å²) in [6.07, 6.45) is 0.617. The van der Waals surface area contributed by atoms with Crippen LogP contribution in [-0.2, 0) is 4.79 Å². The maximum absolute atomic E-state index is 10.7. The zero-order chi connectivity index (χ0) is 12.1. The third kappa shape index (κ3) is 2.87. The lowest BCUT2D eigenvalue weighted by atomic mass is 10.2. The normalized spacial score (nSPS) is 9.62. The Bertz CT molecular complexity index is 420. The summed E-state index contributed by atoms with van der Waals surface area (Å²) in [7, 11) is 1.41. The summed E-state index contributed by atoms with van der Waals surface area (Å²) in [5.74, 6) is -0.665. The molecule has 0 spiro atoms. The number of aliphatic carboxylic acids is 1. The van der Waals surface area contributed by atoms with Crippen LogP contribution in [0.4, 0.5) is 5.69 Å². The van der Waals surface area contributed by atoms with Gasteiger partial charge in [-0.15, -0.1) is 0 Å². The minimum atomic E-state index is -1.01. The number of nitrogens with one attached hydrogen (secondary N) is 1. The second-order valence-electron chi connectivity index (χ2n) is 2.94. The lowest BCUT2D eigenvalue weighted by Gasteiger charge is -2.10. The summed E-state index contributed by atoms with van der Waals surface area (Å²) in [4.78, 5) is 21.0. The van der Waals surface area contributed by atoms with Gasteiger partial charge in [0.05, 0.1) is 23.4 Å². The van der Waals surface area contributed by atoms with Crippen LogP contribution in [0.1, 0.15) is 10.4 Å². The monoisotopic (exact) mass is 243 g/mol. The average Bonchev–Trinajstić information content (AvgIpc) is 2.26. The second-order valence-corrected chi connectivity index (χ2v) is 3.35.